The van der Waals surface area contributed by atoms with Crippen molar-refractivity contribution < 1.29 is 19.0 Å². The fourth-order valence-corrected chi connectivity index (χ4v) is 4.64. The highest BCUT2D eigenvalue weighted by molar-refractivity contribution is 6.30. The van der Waals surface area contributed by atoms with Gasteiger partial charge in [0.15, 0.2) is 17.3 Å². The molecule has 38 heavy (non-hydrogen) atoms. The number of hydrogen-bond acceptors (Lipinski definition) is 7. The Morgan fingerprint density at radius 1 is 0.947 bits per heavy atom. The number of aromatic nitrogens is 3. The average molecular weight is 532 g/mol. The number of halogens is 1. The maximum atomic E-state index is 13.9. The molecule has 1 atom stereocenters. The predicted molar refractivity (Wildman–Crippen MR) is 146 cm³/mol. The van der Waals surface area contributed by atoms with Crippen molar-refractivity contribution in [3.05, 3.63) is 88.6 Å². The Labute approximate surface area is 225 Å². The van der Waals surface area contributed by atoms with E-state index in [1.807, 2.05) is 43.3 Å². The third-order valence-electron chi connectivity index (χ3n) is 6.28. The summed E-state index contributed by atoms with van der Waals surface area (Å²) in [5.74, 6) is 2.21. The molecule has 0 spiro atoms. The van der Waals surface area contributed by atoms with Crippen LogP contribution in [0.1, 0.15) is 18.5 Å². The molecule has 0 saturated carbocycles. The highest BCUT2D eigenvalue weighted by Gasteiger charge is 2.37. The van der Waals surface area contributed by atoms with Gasteiger partial charge in [-0.1, -0.05) is 35.9 Å². The summed E-state index contributed by atoms with van der Waals surface area (Å²) in [6, 6.07) is 19.3. The van der Waals surface area contributed by atoms with Crippen LogP contribution in [0, 0.1) is 0 Å². The first kappa shape index (κ1) is 25.2. The molecule has 1 amide bonds. The zero-order valence-electron chi connectivity index (χ0n) is 21.3. The van der Waals surface area contributed by atoms with Crippen molar-refractivity contribution in [3.63, 3.8) is 0 Å². The molecule has 1 aliphatic heterocycles. The van der Waals surface area contributed by atoms with Crippen molar-refractivity contribution >= 4 is 29.1 Å². The van der Waals surface area contributed by atoms with Crippen molar-refractivity contribution in [2.24, 2.45) is 0 Å². The molecular formula is C28H26ClN5O4. The molecule has 9 nitrogen and oxygen atoms in total. The van der Waals surface area contributed by atoms with Crippen LogP contribution in [0.3, 0.4) is 0 Å². The van der Waals surface area contributed by atoms with Gasteiger partial charge in [-0.25, -0.2) is 4.68 Å². The van der Waals surface area contributed by atoms with E-state index in [0.29, 0.717) is 56.6 Å². The van der Waals surface area contributed by atoms with E-state index in [2.05, 4.69) is 10.6 Å². The maximum Gasteiger partial charge on any atom is 0.255 e. The minimum absolute atomic E-state index is 0.330. The predicted octanol–water partition coefficient (Wildman–Crippen LogP) is 5.55. The molecule has 0 bridgehead atoms. The summed E-state index contributed by atoms with van der Waals surface area (Å²) in [6.07, 6.45) is 0. The van der Waals surface area contributed by atoms with Crippen LogP contribution in [0.2, 0.25) is 5.02 Å². The Morgan fingerprint density at radius 2 is 1.66 bits per heavy atom. The number of hydrogen-bond donors (Lipinski definition) is 2. The number of para-hydroxylation sites is 3. The summed E-state index contributed by atoms with van der Waals surface area (Å²) in [7, 11) is 4.69. The highest BCUT2D eigenvalue weighted by Crippen LogP contribution is 2.43. The van der Waals surface area contributed by atoms with Gasteiger partial charge in [-0.3, -0.25) is 4.79 Å². The number of fused-ring (bicyclic) bond motifs is 1. The van der Waals surface area contributed by atoms with Crippen LogP contribution in [0.4, 0.5) is 11.6 Å². The molecule has 194 valence electrons. The maximum absolute atomic E-state index is 13.9. The van der Waals surface area contributed by atoms with Crippen LogP contribution < -0.4 is 24.8 Å². The highest BCUT2D eigenvalue weighted by atomic mass is 35.5. The van der Waals surface area contributed by atoms with E-state index in [1.165, 1.54) is 0 Å². The number of rotatable bonds is 7. The molecule has 0 aliphatic carbocycles. The third kappa shape index (κ3) is 4.52. The molecule has 0 fully saturated rings. The lowest BCUT2D eigenvalue weighted by atomic mass is 9.94. The van der Waals surface area contributed by atoms with Gasteiger partial charge in [0, 0.05) is 21.8 Å². The molecule has 4 aromatic rings. The van der Waals surface area contributed by atoms with E-state index in [4.69, 9.17) is 35.9 Å². The lowest BCUT2D eigenvalue weighted by Crippen LogP contribution is -2.32. The van der Waals surface area contributed by atoms with E-state index in [9.17, 15) is 4.79 Å². The van der Waals surface area contributed by atoms with E-state index in [-0.39, 0.29) is 5.91 Å². The number of benzene rings is 3. The average Bonchev–Trinajstić information content (AvgIpc) is 3.35. The van der Waals surface area contributed by atoms with E-state index in [1.54, 1.807) is 56.3 Å². The number of nitrogens with zero attached hydrogens (tertiary/aromatic N) is 3. The van der Waals surface area contributed by atoms with Crippen molar-refractivity contribution in [1.29, 1.82) is 0 Å². The smallest absolute Gasteiger partial charge is 0.255 e. The van der Waals surface area contributed by atoms with Gasteiger partial charge in [-0.15, -0.1) is 5.10 Å². The van der Waals surface area contributed by atoms with Gasteiger partial charge in [-0.05, 0) is 49.4 Å². The number of allylic oxidation sites excluding steroid dienone is 1. The van der Waals surface area contributed by atoms with Crippen LogP contribution in [-0.4, -0.2) is 42.0 Å². The fraction of sp³-hybridized carbons (Fsp3) is 0.179. The second-order valence-corrected chi connectivity index (χ2v) is 8.95. The number of carbonyl (C=O) groups excluding carboxylic acids is 1. The van der Waals surface area contributed by atoms with Crippen LogP contribution in [-0.2, 0) is 4.79 Å². The largest absolute Gasteiger partial charge is 0.495 e. The zero-order chi connectivity index (χ0) is 26.8. The van der Waals surface area contributed by atoms with Gasteiger partial charge >= 0.3 is 0 Å². The lowest BCUT2D eigenvalue weighted by molar-refractivity contribution is -0.113. The summed E-state index contributed by atoms with van der Waals surface area (Å²) >= 11 is 6.08. The zero-order valence-corrected chi connectivity index (χ0v) is 22.0. The molecular weight excluding hydrogens is 506 g/mol. The van der Waals surface area contributed by atoms with Crippen molar-refractivity contribution in [3.8, 4) is 28.6 Å². The lowest BCUT2D eigenvalue weighted by Gasteiger charge is -2.30. The molecule has 0 radical (unpaired) electrons. The van der Waals surface area contributed by atoms with Gasteiger partial charge in [0.05, 0.1) is 32.6 Å². The number of methoxy groups -OCH3 is 3. The Morgan fingerprint density at radius 3 is 2.37 bits per heavy atom. The van der Waals surface area contributed by atoms with Gasteiger partial charge < -0.3 is 24.8 Å². The first-order valence-electron chi connectivity index (χ1n) is 11.8. The van der Waals surface area contributed by atoms with Gasteiger partial charge in [0.25, 0.3) is 5.91 Å². The summed E-state index contributed by atoms with van der Waals surface area (Å²) in [6.45, 7) is 1.83. The Kier molecular flexibility index (Phi) is 6.93. The quantitative estimate of drug-likeness (QED) is 0.322. The molecule has 2 heterocycles. The van der Waals surface area contributed by atoms with Gasteiger partial charge in [-0.2, -0.15) is 4.98 Å². The molecule has 1 aromatic heterocycles. The topological polar surface area (TPSA) is 99.5 Å². The summed E-state index contributed by atoms with van der Waals surface area (Å²) in [5, 5.41) is 11.7. The van der Waals surface area contributed by atoms with Gasteiger partial charge in [0.2, 0.25) is 5.95 Å². The molecule has 2 N–H and O–H groups in total. The monoisotopic (exact) mass is 531 g/mol. The molecule has 5 rings (SSSR count). The van der Waals surface area contributed by atoms with Crippen molar-refractivity contribution in [2.75, 3.05) is 32.0 Å². The first-order valence-corrected chi connectivity index (χ1v) is 12.2. The number of ether oxygens (including phenoxy) is 3. The fourth-order valence-electron chi connectivity index (χ4n) is 4.52. The molecule has 0 saturated heterocycles. The minimum atomic E-state index is -0.681. The van der Waals surface area contributed by atoms with Crippen molar-refractivity contribution in [1.82, 2.24) is 14.8 Å². The molecule has 1 aliphatic rings. The number of nitrogens with one attached hydrogen (secondary N) is 2. The Bertz CT molecular complexity index is 1530. The van der Waals surface area contributed by atoms with Crippen LogP contribution >= 0.6 is 11.6 Å². The number of carbonyl (C=O) groups is 1. The molecule has 3 aromatic carbocycles. The summed E-state index contributed by atoms with van der Waals surface area (Å²) in [5.41, 5.74) is 3.07. The summed E-state index contributed by atoms with van der Waals surface area (Å²) < 4.78 is 18.4. The van der Waals surface area contributed by atoms with E-state index in [0.717, 1.165) is 5.56 Å². The van der Waals surface area contributed by atoms with Crippen molar-refractivity contribution in [2.45, 2.75) is 13.0 Å². The minimum Gasteiger partial charge on any atom is -0.495 e. The Balaban J connectivity index is 1.66. The van der Waals surface area contributed by atoms with Gasteiger partial charge in [0.1, 0.15) is 11.8 Å². The number of anilines is 2. The normalized spacial score (nSPS) is 14.4. The Hall–Kier alpha value is -4.50. The van der Waals surface area contributed by atoms with E-state index >= 15 is 0 Å². The summed E-state index contributed by atoms with van der Waals surface area (Å²) in [4.78, 5) is 18.6. The molecule has 10 heteroatoms. The second-order valence-electron chi connectivity index (χ2n) is 8.51. The molecule has 1 unspecified atom stereocenters. The van der Waals surface area contributed by atoms with Crippen LogP contribution in [0.25, 0.3) is 11.4 Å². The van der Waals surface area contributed by atoms with Crippen LogP contribution in [0.5, 0.6) is 17.2 Å². The van der Waals surface area contributed by atoms with Crippen LogP contribution in [0.15, 0.2) is 78.0 Å². The second kappa shape index (κ2) is 10.5. The number of amides is 1. The van der Waals surface area contributed by atoms with E-state index < -0.39 is 6.04 Å². The third-order valence-corrected chi connectivity index (χ3v) is 6.53. The SMILES string of the molecule is COc1ccccc1NC(=O)C1=C(C)Nc2nc(-c3ccc(Cl)cc3)nn2C1c1cccc(OC)c1OC. The first-order chi connectivity index (χ1) is 18.4. The standard InChI is InChI=1S/C28H26ClN5O4/c1-16-23(27(35)31-20-9-5-6-10-21(20)36-2)24(19-8-7-11-22(37-3)25(19)38-4)34-28(30-16)32-26(33-34)17-12-14-18(29)15-13-17/h5-15,24H,1-4H3,(H,31,35)(H,30,32,33).